The van der Waals surface area contributed by atoms with Crippen LogP contribution >= 0.6 is 12.2 Å². The van der Waals surface area contributed by atoms with Gasteiger partial charge in [-0.2, -0.15) is 0 Å². The van der Waals surface area contributed by atoms with Crippen LogP contribution in [0, 0.1) is 0 Å². The van der Waals surface area contributed by atoms with E-state index < -0.39 is 0 Å². The van der Waals surface area contributed by atoms with E-state index in [0.29, 0.717) is 11.0 Å². The van der Waals surface area contributed by atoms with E-state index in [4.69, 9.17) is 22.7 Å². The molecule has 0 bridgehead atoms. The lowest BCUT2D eigenvalue weighted by atomic mass is 9.97. The van der Waals surface area contributed by atoms with Gasteiger partial charge in [0.05, 0.1) is 17.7 Å². The van der Waals surface area contributed by atoms with Crippen LogP contribution in [0.15, 0.2) is 24.3 Å². The van der Waals surface area contributed by atoms with Gasteiger partial charge in [0.1, 0.15) is 0 Å². The molecule has 1 fully saturated rings. The Balaban J connectivity index is 1.68. The molecule has 3 nitrogen and oxygen atoms in total. The third kappa shape index (κ3) is 3.37. The van der Waals surface area contributed by atoms with Crippen LogP contribution < -0.4 is 5.73 Å². The molecule has 0 aromatic heterocycles. The molecule has 20 heavy (non-hydrogen) atoms. The zero-order valence-electron chi connectivity index (χ0n) is 11.8. The van der Waals surface area contributed by atoms with E-state index in [9.17, 15) is 0 Å². The Labute approximate surface area is 126 Å². The zero-order chi connectivity index (χ0) is 13.9. The molecule has 1 saturated carbocycles. The molecule has 1 aliphatic heterocycles. The lowest BCUT2D eigenvalue weighted by molar-refractivity contribution is 0.0146. The van der Waals surface area contributed by atoms with Gasteiger partial charge in [-0.1, -0.05) is 36.5 Å². The van der Waals surface area contributed by atoms with Gasteiger partial charge in [0, 0.05) is 25.6 Å². The molecule has 3 rings (SSSR count). The maximum atomic E-state index is 6.01. The molecule has 1 atom stereocenters. The Hall–Kier alpha value is -0.970. The fourth-order valence-corrected chi connectivity index (χ4v) is 3.05. The molecule has 2 aliphatic rings. The minimum Gasteiger partial charge on any atom is -0.393 e. The first-order valence-corrected chi connectivity index (χ1v) is 7.86. The summed E-state index contributed by atoms with van der Waals surface area (Å²) in [5.41, 5.74) is 8.44. The Morgan fingerprint density at radius 3 is 2.90 bits per heavy atom. The summed E-state index contributed by atoms with van der Waals surface area (Å²) >= 11 is 5.01. The highest BCUT2D eigenvalue weighted by molar-refractivity contribution is 7.80. The average Bonchev–Trinajstić information content (AvgIpc) is 3.28. The predicted molar refractivity (Wildman–Crippen MR) is 84.8 cm³/mol. The Morgan fingerprint density at radius 1 is 1.35 bits per heavy atom. The highest BCUT2D eigenvalue weighted by Gasteiger charge is 2.32. The zero-order valence-corrected chi connectivity index (χ0v) is 12.6. The Morgan fingerprint density at radius 2 is 2.15 bits per heavy atom. The maximum Gasteiger partial charge on any atom is 0.0954 e. The molecule has 2 N–H and O–H groups in total. The molecule has 4 heteroatoms. The van der Waals surface area contributed by atoms with Crippen molar-refractivity contribution in [2.45, 2.75) is 37.8 Å². The van der Waals surface area contributed by atoms with Gasteiger partial charge in [0.15, 0.2) is 0 Å². The summed E-state index contributed by atoms with van der Waals surface area (Å²) in [6.45, 7) is 2.75. The van der Waals surface area contributed by atoms with Crippen LogP contribution in [-0.2, 0) is 11.2 Å². The van der Waals surface area contributed by atoms with E-state index in [1.54, 1.807) is 0 Å². The van der Waals surface area contributed by atoms with Crippen molar-refractivity contribution in [2.24, 2.45) is 5.73 Å². The topological polar surface area (TPSA) is 38.5 Å². The molecule has 0 saturated heterocycles. The average molecular weight is 290 g/mol. The summed E-state index contributed by atoms with van der Waals surface area (Å²) in [5.74, 6) is 0. The number of hydrogen-bond acceptors (Lipinski definition) is 3. The quantitative estimate of drug-likeness (QED) is 0.817. The molecular weight excluding hydrogens is 268 g/mol. The highest BCUT2D eigenvalue weighted by Crippen LogP contribution is 2.32. The third-order valence-corrected chi connectivity index (χ3v) is 4.41. The van der Waals surface area contributed by atoms with Gasteiger partial charge in [0.2, 0.25) is 0 Å². The molecule has 0 spiro atoms. The van der Waals surface area contributed by atoms with Crippen molar-refractivity contribution in [2.75, 3.05) is 19.7 Å². The molecule has 1 aromatic carbocycles. The Bertz CT molecular complexity index is 487. The van der Waals surface area contributed by atoms with Crippen molar-refractivity contribution in [1.82, 2.24) is 4.90 Å². The lowest BCUT2D eigenvalue weighted by Crippen LogP contribution is -2.35. The van der Waals surface area contributed by atoms with Crippen LogP contribution in [-0.4, -0.2) is 35.6 Å². The van der Waals surface area contributed by atoms with Crippen LogP contribution in [0.3, 0.4) is 0 Å². The number of thiocarbonyl (C=S) groups is 1. The lowest BCUT2D eigenvalue weighted by Gasteiger charge is -2.31. The second kappa shape index (κ2) is 6.20. The van der Waals surface area contributed by atoms with Crippen molar-refractivity contribution < 1.29 is 4.74 Å². The molecule has 0 amide bonds. The van der Waals surface area contributed by atoms with Crippen LogP contribution in [0.1, 0.15) is 36.5 Å². The van der Waals surface area contributed by atoms with E-state index in [0.717, 1.165) is 32.5 Å². The molecule has 1 aliphatic carbocycles. The smallest absolute Gasteiger partial charge is 0.0954 e. The van der Waals surface area contributed by atoms with E-state index in [2.05, 4.69) is 29.2 Å². The predicted octanol–water partition coefficient (Wildman–Crippen LogP) is 2.44. The summed E-state index contributed by atoms with van der Waals surface area (Å²) in [6, 6.07) is 9.37. The number of hydrogen-bond donors (Lipinski definition) is 1. The normalized spacial score (nSPS) is 21.8. The second-order valence-corrected chi connectivity index (χ2v) is 6.28. The van der Waals surface area contributed by atoms with E-state index in [1.807, 2.05) is 0 Å². The molecular formula is C16H22N2OS. The number of ether oxygens (including phenoxy) is 1. The van der Waals surface area contributed by atoms with Gasteiger partial charge in [-0.05, 0) is 30.4 Å². The fourth-order valence-electron chi connectivity index (χ4n) is 2.96. The SMILES string of the molecule is NC(=S)CCN(CC1OCCc2ccccc21)C1CC1. The molecule has 1 unspecified atom stereocenters. The fraction of sp³-hybridized carbons (Fsp3) is 0.562. The summed E-state index contributed by atoms with van der Waals surface area (Å²) < 4.78 is 6.01. The monoisotopic (exact) mass is 290 g/mol. The largest absolute Gasteiger partial charge is 0.393 e. The summed E-state index contributed by atoms with van der Waals surface area (Å²) in [5, 5.41) is 0. The van der Waals surface area contributed by atoms with Crippen molar-refractivity contribution in [3.63, 3.8) is 0 Å². The summed E-state index contributed by atoms with van der Waals surface area (Å²) in [7, 11) is 0. The van der Waals surface area contributed by atoms with Crippen LogP contribution in [0.2, 0.25) is 0 Å². The van der Waals surface area contributed by atoms with Crippen LogP contribution in [0.4, 0.5) is 0 Å². The molecule has 1 aromatic rings. The van der Waals surface area contributed by atoms with E-state index in [-0.39, 0.29) is 6.10 Å². The maximum absolute atomic E-state index is 6.01. The van der Waals surface area contributed by atoms with E-state index >= 15 is 0 Å². The minimum atomic E-state index is 0.201. The number of rotatable bonds is 6. The van der Waals surface area contributed by atoms with Crippen molar-refractivity contribution >= 4 is 17.2 Å². The van der Waals surface area contributed by atoms with Gasteiger partial charge < -0.3 is 10.5 Å². The van der Waals surface area contributed by atoms with Gasteiger partial charge in [-0.25, -0.2) is 0 Å². The number of nitrogens with two attached hydrogens (primary N) is 1. The highest BCUT2D eigenvalue weighted by atomic mass is 32.1. The second-order valence-electron chi connectivity index (χ2n) is 5.75. The van der Waals surface area contributed by atoms with Crippen molar-refractivity contribution in [3.8, 4) is 0 Å². The first-order chi connectivity index (χ1) is 9.74. The number of fused-ring (bicyclic) bond motifs is 1. The van der Waals surface area contributed by atoms with Gasteiger partial charge in [-0.3, -0.25) is 4.90 Å². The minimum absolute atomic E-state index is 0.201. The van der Waals surface area contributed by atoms with Crippen LogP contribution in [0.5, 0.6) is 0 Å². The van der Waals surface area contributed by atoms with Gasteiger partial charge in [0.25, 0.3) is 0 Å². The van der Waals surface area contributed by atoms with Crippen LogP contribution in [0.25, 0.3) is 0 Å². The Kier molecular flexibility index (Phi) is 4.34. The molecule has 1 heterocycles. The summed E-state index contributed by atoms with van der Waals surface area (Å²) in [6.07, 6.45) is 4.63. The first-order valence-electron chi connectivity index (χ1n) is 7.46. The van der Waals surface area contributed by atoms with Gasteiger partial charge >= 0.3 is 0 Å². The van der Waals surface area contributed by atoms with Gasteiger partial charge in [-0.15, -0.1) is 0 Å². The van der Waals surface area contributed by atoms with Crippen molar-refractivity contribution in [1.29, 1.82) is 0 Å². The number of benzene rings is 1. The standard InChI is InChI=1S/C16H22N2OS/c17-16(20)7-9-18(13-5-6-13)11-15-14-4-2-1-3-12(14)8-10-19-15/h1-4,13,15H,5-11H2,(H2,17,20). The summed E-state index contributed by atoms with van der Waals surface area (Å²) in [4.78, 5) is 3.12. The number of nitrogens with zero attached hydrogens (tertiary/aromatic N) is 1. The first kappa shape index (κ1) is 14.0. The van der Waals surface area contributed by atoms with Crippen molar-refractivity contribution in [3.05, 3.63) is 35.4 Å². The molecule has 0 radical (unpaired) electrons. The molecule has 108 valence electrons. The van der Waals surface area contributed by atoms with E-state index in [1.165, 1.54) is 24.0 Å². The third-order valence-electron chi connectivity index (χ3n) is 4.20.